The predicted octanol–water partition coefficient (Wildman–Crippen LogP) is 1.50. The first kappa shape index (κ1) is 8.10. The van der Waals surface area contributed by atoms with Crippen LogP contribution in [0.15, 0.2) is 18.2 Å². The summed E-state index contributed by atoms with van der Waals surface area (Å²) in [4.78, 5) is 11.3. The minimum atomic E-state index is 0.00477. The summed E-state index contributed by atoms with van der Waals surface area (Å²) in [5.74, 6) is 0.798. The van der Waals surface area contributed by atoms with Crippen LogP contribution in [-0.2, 0) is 0 Å². The second-order valence-electron chi connectivity index (χ2n) is 3.15. The summed E-state index contributed by atoms with van der Waals surface area (Å²) in [6, 6.07) is 5.60. The number of amides is 1. The first-order chi connectivity index (χ1) is 6.22. The van der Waals surface area contributed by atoms with Crippen LogP contribution in [0.5, 0.6) is 5.75 Å². The van der Waals surface area contributed by atoms with Gasteiger partial charge in [0.25, 0.3) is 5.91 Å². The summed E-state index contributed by atoms with van der Waals surface area (Å²) >= 11 is 0. The van der Waals surface area contributed by atoms with Crippen LogP contribution in [0.25, 0.3) is 0 Å². The molecule has 0 saturated carbocycles. The molecule has 0 spiro atoms. The van der Waals surface area contributed by atoms with Gasteiger partial charge in [0.2, 0.25) is 0 Å². The SMILES string of the molecule is COc1ccc2c(c1)C(C)NC2=O. The van der Waals surface area contributed by atoms with E-state index < -0.39 is 0 Å². The van der Waals surface area contributed by atoms with Gasteiger partial charge in [-0.3, -0.25) is 4.79 Å². The van der Waals surface area contributed by atoms with Crippen LogP contribution in [0.4, 0.5) is 0 Å². The summed E-state index contributed by atoms with van der Waals surface area (Å²) in [5.41, 5.74) is 1.78. The first-order valence-corrected chi connectivity index (χ1v) is 4.21. The highest BCUT2D eigenvalue weighted by Gasteiger charge is 2.25. The number of hydrogen-bond acceptors (Lipinski definition) is 2. The van der Waals surface area contributed by atoms with Gasteiger partial charge in [-0.1, -0.05) is 0 Å². The van der Waals surface area contributed by atoms with Crippen molar-refractivity contribution in [2.45, 2.75) is 13.0 Å². The van der Waals surface area contributed by atoms with Crippen molar-refractivity contribution < 1.29 is 9.53 Å². The first-order valence-electron chi connectivity index (χ1n) is 4.21. The van der Waals surface area contributed by atoms with Gasteiger partial charge in [0.05, 0.1) is 13.2 Å². The Morgan fingerprint density at radius 3 is 2.92 bits per heavy atom. The van der Waals surface area contributed by atoms with Gasteiger partial charge >= 0.3 is 0 Å². The third-order valence-electron chi connectivity index (χ3n) is 2.32. The Kier molecular flexibility index (Phi) is 1.72. The van der Waals surface area contributed by atoms with Crippen molar-refractivity contribution in [2.24, 2.45) is 0 Å². The molecule has 13 heavy (non-hydrogen) atoms. The van der Waals surface area contributed by atoms with E-state index in [0.717, 1.165) is 16.9 Å². The number of hydrogen-bond donors (Lipinski definition) is 1. The average Bonchev–Trinajstić information content (AvgIpc) is 2.42. The highest BCUT2D eigenvalue weighted by molar-refractivity contribution is 5.99. The van der Waals surface area contributed by atoms with Gasteiger partial charge < -0.3 is 10.1 Å². The molecule has 0 bridgehead atoms. The van der Waals surface area contributed by atoms with E-state index in [1.165, 1.54) is 0 Å². The van der Waals surface area contributed by atoms with E-state index in [1.807, 2.05) is 13.0 Å². The monoisotopic (exact) mass is 177 g/mol. The minimum absolute atomic E-state index is 0.00477. The van der Waals surface area contributed by atoms with Gasteiger partial charge in [0.15, 0.2) is 0 Å². The molecule has 1 aromatic rings. The fourth-order valence-electron chi connectivity index (χ4n) is 1.58. The van der Waals surface area contributed by atoms with Crippen LogP contribution in [-0.4, -0.2) is 13.0 Å². The molecule has 0 radical (unpaired) electrons. The summed E-state index contributed by atoms with van der Waals surface area (Å²) < 4.78 is 5.08. The fourth-order valence-corrected chi connectivity index (χ4v) is 1.58. The highest BCUT2D eigenvalue weighted by Crippen LogP contribution is 2.28. The van der Waals surface area contributed by atoms with Crippen molar-refractivity contribution in [2.75, 3.05) is 7.11 Å². The van der Waals surface area contributed by atoms with E-state index >= 15 is 0 Å². The molecule has 1 N–H and O–H groups in total. The zero-order valence-corrected chi connectivity index (χ0v) is 7.63. The lowest BCUT2D eigenvalue weighted by atomic mass is 10.1. The number of carbonyl (C=O) groups is 1. The number of ether oxygens (including phenoxy) is 1. The van der Waals surface area contributed by atoms with Crippen LogP contribution in [0.1, 0.15) is 28.9 Å². The highest BCUT2D eigenvalue weighted by atomic mass is 16.5. The van der Waals surface area contributed by atoms with Gasteiger partial charge in [-0.05, 0) is 30.7 Å². The molecule has 1 aromatic carbocycles. The Balaban J connectivity index is 2.52. The summed E-state index contributed by atoms with van der Waals surface area (Å²) in [6.45, 7) is 1.96. The van der Waals surface area contributed by atoms with E-state index in [4.69, 9.17) is 4.74 Å². The number of carbonyl (C=O) groups excluding carboxylic acids is 1. The number of fused-ring (bicyclic) bond motifs is 1. The van der Waals surface area contributed by atoms with Crippen LogP contribution in [0.2, 0.25) is 0 Å². The van der Waals surface area contributed by atoms with Gasteiger partial charge in [0, 0.05) is 5.56 Å². The van der Waals surface area contributed by atoms with Crippen molar-refractivity contribution in [3.8, 4) is 5.75 Å². The Morgan fingerprint density at radius 1 is 1.46 bits per heavy atom. The molecule has 1 unspecified atom stereocenters. The molecule has 68 valence electrons. The van der Waals surface area contributed by atoms with Gasteiger partial charge in [-0.2, -0.15) is 0 Å². The van der Waals surface area contributed by atoms with Gasteiger partial charge in [0.1, 0.15) is 5.75 Å². The zero-order valence-electron chi connectivity index (χ0n) is 7.63. The van der Waals surface area contributed by atoms with E-state index in [0.29, 0.717) is 0 Å². The lowest BCUT2D eigenvalue weighted by Gasteiger charge is -2.05. The molecule has 0 aromatic heterocycles. The molecule has 3 nitrogen and oxygen atoms in total. The van der Waals surface area contributed by atoms with Crippen LogP contribution < -0.4 is 10.1 Å². The number of methoxy groups -OCH3 is 1. The number of nitrogens with one attached hydrogen (secondary N) is 1. The molecular weight excluding hydrogens is 166 g/mol. The second kappa shape index (κ2) is 2.76. The van der Waals surface area contributed by atoms with Crippen LogP contribution in [0.3, 0.4) is 0 Å². The average molecular weight is 177 g/mol. The Bertz CT molecular complexity index is 360. The van der Waals surface area contributed by atoms with Gasteiger partial charge in [-0.15, -0.1) is 0 Å². The van der Waals surface area contributed by atoms with Gasteiger partial charge in [-0.25, -0.2) is 0 Å². The van der Waals surface area contributed by atoms with Crippen molar-refractivity contribution in [3.05, 3.63) is 29.3 Å². The van der Waals surface area contributed by atoms with E-state index in [-0.39, 0.29) is 11.9 Å². The summed E-state index contributed by atoms with van der Waals surface area (Å²) in [5, 5.41) is 2.84. The molecule has 1 heterocycles. The minimum Gasteiger partial charge on any atom is -0.497 e. The van der Waals surface area contributed by atoms with Crippen molar-refractivity contribution in [1.82, 2.24) is 5.32 Å². The normalized spacial score (nSPS) is 19.5. The standard InChI is InChI=1S/C10H11NO2/c1-6-9-5-7(13-2)3-4-8(9)10(12)11-6/h3-6H,1-2H3,(H,11,12). The molecule has 1 aliphatic rings. The van der Waals surface area contributed by atoms with Crippen molar-refractivity contribution in [3.63, 3.8) is 0 Å². The lowest BCUT2D eigenvalue weighted by molar-refractivity contribution is 0.0958. The molecule has 0 saturated heterocycles. The van der Waals surface area contributed by atoms with E-state index in [9.17, 15) is 4.79 Å². The molecule has 0 aliphatic carbocycles. The molecule has 1 aliphatic heterocycles. The molecule has 3 heteroatoms. The Hall–Kier alpha value is -1.51. The zero-order chi connectivity index (χ0) is 9.42. The molecule has 1 amide bonds. The Labute approximate surface area is 76.7 Å². The van der Waals surface area contributed by atoms with E-state index in [2.05, 4.69) is 5.32 Å². The molecule has 1 atom stereocenters. The second-order valence-corrected chi connectivity index (χ2v) is 3.15. The smallest absolute Gasteiger partial charge is 0.252 e. The third kappa shape index (κ3) is 1.16. The largest absolute Gasteiger partial charge is 0.497 e. The van der Waals surface area contributed by atoms with E-state index in [1.54, 1.807) is 19.2 Å². The maximum atomic E-state index is 11.3. The molecular formula is C10H11NO2. The predicted molar refractivity (Wildman–Crippen MR) is 48.9 cm³/mol. The maximum Gasteiger partial charge on any atom is 0.252 e. The third-order valence-corrected chi connectivity index (χ3v) is 2.32. The maximum absolute atomic E-state index is 11.3. The Morgan fingerprint density at radius 2 is 2.23 bits per heavy atom. The topological polar surface area (TPSA) is 38.3 Å². The number of rotatable bonds is 1. The fraction of sp³-hybridized carbons (Fsp3) is 0.300. The van der Waals surface area contributed by atoms with Crippen molar-refractivity contribution in [1.29, 1.82) is 0 Å². The lowest BCUT2D eigenvalue weighted by Crippen LogP contribution is -2.16. The number of benzene rings is 1. The summed E-state index contributed by atoms with van der Waals surface area (Å²) in [7, 11) is 1.62. The summed E-state index contributed by atoms with van der Waals surface area (Å²) in [6.07, 6.45) is 0. The quantitative estimate of drug-likeness (QED) is 0.706. The van der Waals surface area contributed by atoms with Crippen LogP contribution >= 0.6 is 0 Å². The molecule has 0 fully saturated rings. The van der Waals surface area contributed by atoms with Crippen LogP contribution in [0, 0.1) is 0 Å². The molecule has 2 rings (SSSR count). The van der Waals surface area contributed by atoms with Crippen molar-refractivity contribution >= 4 is 5.91 Å².